The highest BCUT2D eigenvalue weighted by atomic mass is 19.4. The Morgan fingerprint density at radius 2 is 1.48 bits per heavy atom. The van der Waals surface area contributed by atoms with Gasteiger partial charge in [-0.3, -0.25) is 4.79 Å². The number of hydrogen-bond donors (Lipinski definition) is 1. The number of benzene rings is 2. The molecule has 0 aliphatic heterocycles. The Hall–Kier alpha value is -3.50. The zero-order valence-electron chi connectivity index (χ0n) is 17.7. The summed E-state index contributed by atoms with van der Waals surface area (Å²) in [5, 5.41) is 6.05. The van der Waals surface area contributed by atoms with Gasteiger partial charge >= 0.3 is 12.5 Å². The molecule has 2 aromatic carbocycles. The van der Waals surface area contributed by atoms with Crippen molar-refractivity contribution in [2.45, 2.75) is 38.7 Å². The first kappa shape index (κ1) is 24.1. The fraction of sp³-hybridized carbons (Fsp3) is 0.273. The van der Waals surface area contributed by atoms with Crippen LogP contribution < -0.4 is 10.1 Å². The summed E-state index contributed by atoms with van der Waals surface area (Å²) in [5.74, 6) is -1.64. The van der Waals surface area contributed by atoms with Crippen molar-refractivity contribution in [1.82, 2.24) is 9.78 Å². The number of anilines is 1. The molecule has 0 aliphatic rings. The Bertz CT molecular complexity index is 1130. The van der Waals surface area contributed by atoms with E-state index in [0.29, 0.717) is 10.4 Å². The summed E-state index contributed by atoms with van der Waals surface area (Å²) in [6.07, 6.45) is -9.16. The van der Waals surface area contributed by atoms with Gasteiger partial charge in [0, 0.05) is 5.69 Å². The molecule has 0 radical (unpaired) electrons. The summed E-state index contributed by atoms with van der Waals surface area (Å²) in [7, 11) is 0. The van der Waals surface area contributed by atoms with Crippen LogP contribution in [-0.4, -0.2) is 22.1 Å². The third-order valence-corrected chi connectivity index (χ3v) is 4.61. The molecule has 33 heavy (non-hydrogen) atoms. The third-order valence-electron chi connectivity index (χ3n) is 4.61. The smallest absolute Gasteiger partial charge is 0.406 e. The molecule has 0 bridgehead atoms. The summed E-state index contributed by atoms with van der Waals surface area (Å²) in [6, 6.07) is 10.3. The lowest BCUT2D eigenvalue weighted by atomic mass is 9.87. The molecule has 0 fully saturated rings. The van der Waals surface area contributed by atoms with Crippen molar-refractivity contribution in [1.29, 1.82) is 0 Å². The zero-order chi connectivity index (χ0) is 24.6. The Morgan fingerprint density at radius 1 is 0.909 bits per heavy atom. The summed E-state index contributed by atoms with van der Waals surface area (Å²) in [4.78, 5) is 12.6. The SMILES string of the molecule is CC(C)(C)c1ccc(NC(=O)c2cnn(-c3ccc(OC(F)(F)F)cc3)c2C(F)(F)F)cc1. The quantitative estimate of drug-likeness (QED) is 0.452. The van der Waals surface area contributed by atoms with Gasteiger partial charge < -0.3 is 10.1 Å². The molecule has 3 aromatic rings. The second kappa shape index (κ2) is 8.45. The van der Waals surface area contributed by atoms with Gasteiger partial charge in [-0.05, 0) is 47.4 Å². The van der Waals surface area contributed by atoms with E-state index in [-0.39, 0.29) is 11.1 Å². The number of nitrogens with zero attached hydrogens (tertiary/aromatic N) is 2. The highest BCUT2D eigenvalue weighted by molar-refractivity contribution is 6.05. The van der Waals surface area contributed by atoms with Gasteiger partial charge in [0.15, 0.2) is 5.69 Å². The minimum atomic E-state index is -4.97. The van der Waals surface area contributed by atoms with Crippen LogP contribution in [0.25, 0.3) is 5.69 Å². The zero-order valence-corrected chi connectivity index (χ0v) is 17.7. The lowest BCUT2D eigenvalue weighted by Crippen LogP contribution is -2.21. The first-order valence-electron chi connectivity index (χ1n) is 9.58. The molecule has 1 amide bonds. The van der Waals surface area contributed by atoms with Crippen LogP contribution in [-0.2, 0) is 11.6 Å². The number of aromatic nitrogens is 2. The van der Waals surface area contributed by atoms with E-state index in [1.54, 1.807) is 24.3 Å². The Kier molecular flexibility index (Phi) is 6.18. The number of carbonyl (C=O) groups is 1. The van der Waals surface area contributed by atoms with Gasteiger partial charge in [0.1, 0.15) is 5.75 Å². The van der Waals surface area contributed by atoms with Crippen molar-refractivity contribution in [3.05, 3.63) is 71.5 Å². The number of carbonyl (C=O) groups excluding carboxylic acids is 1. The molecule has 1 aromatic heterocycles. The molecule has 0 saturated carbocycles. The van der Waals surface area contributed by atoms with Crippen LogP contribution in [0.3, 0.4) is 0 Å². The standard InChI is InChI=1S/C22H19F6N3O2/c1-20(2,3)13-4-6-14(7-5-13)30-19(32)17-12-29-31(18(17)21(23,24)25)15-8-10-16(11-9-15)33-22(26,27)28/h4-12H,1-3H3,(H,30,32). The number of hydrogen-bond acceptors (Lipinski definition) is 3. The van der Waals surface area contributed by atoms with Crippen molar-refractivity contribution in [3.8, 4) is 11.4 Å². The molecule has 0 saturated heterocycles. The van der Waals surface area contributed by atoms with Gasteiger partial charge in [0.25, 0.3) is 5.91 Å². The van der Waals surface area contributed by atoms with E-state index in [9.17, 15) is 31.1 Å². The second-order valence-electron chi connectivity index (χ2n) is 8.14. The van der Waals surface area contributed by atoms with Crippen molar-refractivity contribution < 1.29 is 35.9 Å². The fourth-order valence-corrected chi connectivity index (χ4v) is 3.02. The Labute approximate surface area is 185 Å². The van der Waals surface area contributed by atoms with Gasteiger partial charge in [0.2, 0.25) is 0 Å². The lowest BCUT2D eigenvalue weighted by molar-refractivity contribution is -0.274. The molecule has 0 atom stereocenters. The molecule has 0 aliphatic carbocycles. The minimum Gasteiger partial charge on any atom is -0.406 e. The number of nitrogens with one attached hydrogen (secondary N) is 1. The Balaban J connectivity index is 1.90. The first-order chi connectivity index (χ1) is 15.1. The maximum absolute atomic E-state index is 13.8. The fourth-order valence-electron chi connectivity index (χ4n) is 3.02. The Morgan fingerprint density at radius 3 is 1.97 bits per heavy atom. The minimum absolute atomic E-state index is 0.145. The van der Waals surface area contributed by atoms with Crippen LogP contribution in [0.1, 0.15) is 42.4 Å². The molecule has 3 rings (SSSR count). The van der Waals surface area contributed by atoms with Crippen molar-refractivity contribution in [2.24, 2.45) is 0 Å². The average molecular weight is 471 g/mol. The summed E-state index contributed by atoms with van der Waals surface area (Å²) < 4.78 is 82.5. The van der Waals surface area contributed by atoms with Crippen molar-refractivity contribution in [2.75, 3.05) is 5.32 Å². The maximum Gasteiger partial charge on any atom is 0.573 e. The van der Waals surface area contributed by atoms with Crippen molar-refractivity contribution >= 4 is 11.6 Å². The number of ether oxygens (including phenoxy) is 1. The molecule has 176 valence electrons. The molecule has 1 N–H and O–H groups in total. The monoisotopic (exact) mass is 471 g/mol. The van der Waals surface area contributed by atoms with E-state index in [1.807, 2.05) is 20.8 Å². The largest absolute Gasteiger partial charge is 0.573 e. The van der Waals surface area contributed by atoms with Crippen LogP contribution in [0.5, 0.6) is 5.75 Å². The summed E-state index contributed by atoms with van der Waals surface area (Å²) in [5.41, 5.74) is -1.18. The van der Waals surface area contributed by atoms with Gasteiger partial charge in [-0.15, -0.1) is 13.2 Å². The van der Waals surface area contributed by atoms with E-state index >= 15 is 0 Å². The van der Waals surface area contributed by atoms with Crippen LogP contribution >= 0.6 is 0 Å². The van der Waals surface area contributed by atoms with Gasteiger partial charge in [-0.1, -0.05) is 32.9 Å². The van der Waals surface area contributed by atoms with Crippen LogP contribution in [0, 0.1) is 0 Å². The topological polar surface area (TPSA) is 56.2 Å². The predicted octanol–water partition coefficient (Wildman–Crippen LogP) is 6.34. The van der Waals surface area contributed by atoms with Gasteiger partial charge in [-0.2, -0.15) is 18.3 Å². The normalized spacial score (nSPS) is 12.5. The van der Waals surface area contributed by atoms with Crippen LogP contribution in [0.2, 0.25) is 0 Å². The highest BCUT2D eigenvalue weighted by Gasteiger charge is 2.40. The molecule has 0 spiro atoms. The third kappa shape index (κ3) is 5.85. The van der Waals surface area contributed by atoms with Gasteiger partial charge in [-0.25, -0.2) is 4.68 Å². The van der Waals surface area contributed by atoms with Crippen LogP contribution in [0.4, 0.5) is 32.0 Å². The summed E-state index contributed by atoms with van der Waals surface area (Å²) >= 11 is 0. The number of alkyl halides is 6. The highest BCUT2D eigenvalue weighted by Crippen LogP contribution is 2.35. The second-order valence-corrected chi connectivity index (χ2v) is 8.14. The molecule has 5 nitrogen and oxygen atoms in total. The van der Waals surface area contributed by atoms with Gasteiger partial charge in [0.05, 0.1) is 17.4 Å². The molecular weight excluding hydrogens is 452 g/mol. The lowest BCUT2D eigenvalue weighted by Gasteiger charge is -2.19. The van der Waals surface area contributed by atoms with E-state index in [1.165, 1.54) is 0 Å². The van der Waals surface area contributed by atoms with Crippen molar-refractivity contribution in [3.63, 3.8) is 0 Å². The average Bonchev–Trinajstić information content (AvgIpc) is 3.13. The molecule has 1 heterocycles. The molecule has 0 unspecified atom stereocenters. The van der Waals surface area contributed by atoms with E-state index in [2.05, 4.69) is 15.2 Å². The summed E-state index contributed by atoms with van der Waals surface area (Å²) in [6.45, 7) is 5.98. The number of amides is 1. The predicted molar refractivity (Wildman–Crippen MR) is 108 cm³/mol. The van der Waals surface area contributed by atoms with E-state index < -0.39 is 35.5 Å². The molecular formula is C22H19F6N3O2. The molecule has 11 heteroatoms. The van der Waals surface area contributed by atoms with E-state index in [0.717, 1.165) is 36.0 Å². The van der Waals surface area contributed by atoms with Crippen LogP contribution in [0.15, 0.2) is 54.7 Å². The maximum atomic E-state index is 13.8. The first-order valence-corrected chi connectivity index (χ1v) is 9.58. The number of halogens is 6. The van der Waals surface area contributed by atoms with E-state index in [4.69, 9.17) is 0 Å². The number of rotatable bonds is 4.